The average molecular weight is 368 g/mol. The molecule has 0 aliphatic carbocycles. The van der Waals surface area contributed by atoms with E-state index in [1.165, 1.54) is 33.4 Å². The van der Waals surface area contributed by atoms with E-state index >= 15 is 0 Å². The predicted octanol–water partition coefficient (Wildman–Crippen LogP) is 5.76. The number of hydrogen-bond donors (Lipinski definition) is 0. The predicted molar refractivity (Wildman–Crippen MR) is 86.6 cm³/mol. The van der Waals surface area contributed by atoms with Crippen LogP contribution in [-0.2, 0) is 10.7 Å². The van der Waals surface area contributed by atoms with E-state index in [2.05, 4.69) is 82.1 Å². The maximum atomic E-state index is 3.60. The molecule has 2 heteroatoms. The van der Waals surface area contributed by atoms with Crippen LogP contribution in [0.25, 0.3) is 11.1 Å². The Bertz CT molecular complexity index is 508. The first-order valence-electron chi connectivity index (χ1n) is 5.98. The first-order chi connectivity index (χ1) is 8.69. The Kier molecular flexibility index (Phi) is 4.63. The Balaban J connectivity index is 2.76. The fraction of sp³-hybridized carbons (Fsp3) is 0.250. The van der Waals surface area contributed by atoms with E-state index in [1.807, 2.05) is 0 Å². The van der Waals surface area contributed by atoms with Gasteiger partial charge in [-0.2, -0.15) is 0 Å². The summed E-state index contributed by atoms with van der Waals surface area (Å²) in [5.74, 6) is 0. The summed E-state index contributed by atoms with van der Waals surface area (Å²) in [6.45, 7) is 4.37. The lowest BCUT2D eigenvalue weighted by atomic mass is 9.90. The first-order valence-corrected chi connectivity index (χ1v) is 8.22. The van der Waals surface area contributed by atoms with Gasteiger partial charge in [-0.05, 0) is 47.2 Å². The molecule has 0 fully saturated rings. The summed E-state index contributed by atoms with van der Waals surface area (Å²) in [5, 5.41) is 1.78. The second kappa shape index (κ2) is 6.03. The van der Waals surface area contributed by atoms with Crippen LogP contribution >= 0.6 is 31.9 Å². The lowest BCUT2D eigenvalue weighted by molar-refractivity contribution is 1.30. The SMILES string of the molecule is Cc1cccc(CBr)c1-c1c(C)cccc1CBr. The molecule has 0 nitrogen and oxygen atoms in total. The molecule has 0 atom stereocenters. The Labute approximate surface area is 126 Å². The van der Waals surface area contributed by atoms with Crippen molar-refractivity contribution in [2.75, 3.05) is 0 Å². The van der Waals surface area contributed by atoms with Crippen LogP contribution in [0.1, 0.15) is 22.3 Å². The van der Waals surface area contributed by atoms with Crippen LogP contribution in [0.4, 0.5) is 0 Å². The van der Waals surface area contributed by atoms with Crippen molar-refractivity contribution in [1.29, 1.82) is 0 Å². The number of hydrogen-bond acceptors (Lipinski definition) is 0. The zero-order valence-corrected chi connectivity index (χ0v) is 13.8. The van der Waals surface area contributed by atoms with Gasteiger partial charge < -0.3 is 0 Å². The maximum absolute atomic E-state index is 3.60. The summed E-state index contributed by atoms with van der Waals surface area (Å²) < 4.78 is 0. The summed E-state index contributed by atoms with van der Waals surface area (Å²) >= 11 is 7.20. The van der Waals surface area contributed by atoms with Gasteiger partial charge in [-0.1, -0.05) is 68.3 Å². The molecule has 0 radical (unpaired) electrons. The minimum Gasteiger partial charge on any atom is -0.0876 e. The van der Waals surface area contributed by atoms with Crippen LogP contribution < -0.4 is 0 Å². The molecular weight excluding hydrogens is 352 g/mol. The Morgan fingerprint density at radius 1 is 0.722 bits per heavy atom. The molecular formula is C16H16Br2. The van der Waals surface area contributed by atoms with E-state index in [4.69, 9.17) is 0 Å². The highest BCUT2D eigenvalue weighted by Gasteiger charge is 2.13. The number of halogens is 2. The van der Waals surface area contributed by atoms with E-state index < -0.39 is 0 Å². The zero-order chi connectivity index (χ0) is 13.1. The van der Waals surface area contributed by atoms with Crippen LogP contribution in [0, 0.1) is 13.8 Å². The average Bonchev–Trinajstić information content (AvgIpc) is 2.38. The molecule has 2 rings (SSSR count). The van der Waals surface area contributed by atoms with Crippen LogP contribution in [0.3, 0.4) is 0 Å². The van der Waals surface area contributed by atoms with Gasteiger partial charge in [-0.3, -0.25) is 0 Å². The summed E-state index contributed by atoms with van der Waals surface area (Å²) in [7, 11) is 0. The topological polar surface area (TPSA) is 0 Å². The summed E-state index contributed by atoms with van der Waals surface area (Å²) in [5.41, 5.74) is 8.13. The van der Waals surface area contributed by atoms with Crippen LogP contribution in [0.2, 0.25) is 0 Å². The van der Waals surface area contributed by atoms with Gasteiger partial charge in [0.05, 0.1) is 0 Å². The monoisotopic (exact) mass is 366 g/mol. The minimum absolute atomic E-state index is 0.889. The van der Waals surface area contributed by atoms with Gasteiger partial charge in [0.15, 0.2) is 0 Å². The van der Waals surface area contributed by atoms with Gasteiger partial charge in [0.25, 0.3) is 0 Å². The fourth-order valence-corrected chi connectivity index (χ4v) is 3.33. The normalized spacial score (nSPS) is 10.7. The molecule has 0 aromatic heterocycles. The van der Waals surface area contributed by atoms with Gasteiger partial charge in [0.1, 0.15) is 0 Å². The highest BCUT2D eigenvalue weighted by Crippen LogP contribution is 2.35. The van der Waals surface area contributed by atoms with Crippen molar-refractivity contribution in [3.63, 3.8) is 0 Å². The van der Waals surface area contributed by atoms with E-state index in [-0.39, 0.29) is 0 Å². The van der Waals surface area contributed by atoms with Crippen molar-refractivity contribution in [3.8, 4) is 11.1 Å². The largest absolute Gasteiger partial charge is 0.0876 e. The van der Waals surface area contributed by atoms with E-state index in [1.54, 1.807) is 0 Å². The van der Waals surface area contributed by atoms with Gasteiger partial charge in [0.2, 0.25) is 0 Å². The molecule has 0 saturated carbocycles. The van der Waals surface area contributed by atoms with Crippen molar-refractivity contribution in [3.05, 3.63) is 58.7 Å². The number of aryl methyl sites for hydroxylation is 2. The third-order valence-electron chi connectivity index (χ3n) is 3.26. The molecule has 0 heterocycles. The second-order valence-corrected chi connectivity index (χ2v) is 5.61. The third kappa shape index (κ3) is 2.55. The quantitative estimate of drug-likeness (QED) is 0.605. The molecule has 2 aromatic carbocycles. The van der Waals surface area contributed by atoms with Crippen molar-refractivity contribution >= 4 is 31.9 Å². The number of alkyl halides is 2. The summed E-state index contributed by atoms with van der Waals surface area (Å²) in [6, 6.07) is 13.0. The Hall–Kier alpha value is -0.600. The highest BCUT2D eigenvalue weighted by atomic mass is 79.9. The lowest BCUT2D eigenvalue weighted by Crippen LogP contribution is -1.96. The van der Waals surface area contributed by atoms with Gasteiger partial charge in [-0.15, -0.1) is 0 Å². The van der Waals surface area contributed by atoms with Crippen molar-refractivity contribution in [2.24, 2.45) is 0 Å². The molecule has 0 N–H and O–H groups in total. The second-order valence-electron chi connectivity index (χ2n) is 4.49. The van der Waals surface area contributed by atoms with Gasteiger partial charge in [0, 0.05) is 10.7 Å². The van der Waals surface area contributed by atoms with E-state index in [9.17, 15) is 0 Å². The summed E-state index contributed by atoms with van der Waals surface area (Å²) in [6.07, 6.45) is 0. The zero-order valence-electron chi connectivity index (χ0n) is 10.6. The van der Waals surface area contributed by atoms with E-state index in [0.29, 0.717) is 0 Å². The number of rotatable bonds is 3. The van der Waals surface area contributed by atoms with Gasteiger partial charge in [-0.25, -0.2) is 0 Å². The van der Waals surface area contributed by atoms with Crippen molar-refractivity contribution in [1.82, 2.24) is 0 Å². The molecule has 0 unspecified atom stereocenters. The molecule has 0 spiro atoms. The Morgan fingerprint density at radius 3 is 1.44 bits per heavy atom. The first kappa shape index (κ1) is 13.8. The third-order valence-corrected chi connectivity index (χ3v) is 4.46. The van der Waals surface area contributed by atoms with Crippen molar-refractivity contribution < 1.29 is 0 Å². The highest BCUT2D eigenvalue weighted by molar-refractivity contribution is 9.08. The van der Waals surface area contributed by atoms with Crippen molar-refractivity contribution in [2.45, 2.75) is 24.5 Å². The Morgan fingerprint density at radius 2 is 1.11 bits per heavy atom. The molecule has 2 aromatic rings. The van der Waals surface area contributed by atoms with Crippen LogP contribution in [0.15, 0.2) is 36.4 Å². The molecule has 0 aliphatic heterocycles. The molecule has 0 amide bonds. The molecule has 18 heavy (non-hydrogen) atoms. The molecule has 0 bridgehead atoms. The number of benzene rings is 2. The standard InChI is InChI=1S/C16H16Br2/c1-11-5-3-7-13(9-17)15(11)16-12(2)6-4-8-14(16)10-18/h3-8H,9-10H2,1-2H3. The molecule has 0 aliphatic rings. The summed E-state index contributed by atoms with van der Waals surface area (Å²) in [4.78, 5) is 0. The van der Waals surface area contributed by atoms with Crippen LogP contribution in [0.5, 0.6) is 0 Å². The van der Waals surface area contributed by atoms with E-state index in [0.717, 1.165) is 10.7 Å². The smallest absolute Gasteiger partial charge is 0.0289 e. The van der Waals surface area contributed by atoms with Crippen LogP contribution in [-0.4, -0.2) is 0 Å². The minimum atomic E-state index is 0.889. The molecule has 94 valence electrons. The fourth-order valence-electron chi connectivity index (χ4n) is 2.40. The van der Waals surface area contributed by atoms with Gasteiger partial charge >= 0.3 is 0 Å². The molecule has 0 saturated heterocycles. The maximum Gasteiger partial charge on any atom is 0.0289 e. The lowest BCUT2D eigenvalue weighted by Gasteiger charge is -2.17.